The average Bonchev–Trinajstić information content (AvgIpc) is 3.41. The predicted octanol–water partition coefficient (Wildman–Crippen LogP) is 10.6. The molecule has 11 unspecified atom stereocenters. The fourth-order valence-corrected chi connectivity index (χ4v) is 8.95. The molecule has 2 heterocycles. The summed E-state index contributed by atoms with van der Waals surface area (Å²) in [4.78, 5) is 13.1. The number of hydrogen-bond donors (Lipinski definition) is 7. The van der Waals surface area contributed by atoms with E-state index in [2.05, 4.69) is 86.8 Å². The van der Waals surface area contributed by atoms with Gasteiger partial charge in [-0.3, -0.25) is 4.79 Å². The zero-order chi connectivity index (χ0) is 54.4. The summed E-state index contributed by atoms with van der Waals surface area (Å²) in [6.45, 7) is 3.54. The van der Waals surface area contributed by atoms with Crippen molar-refractivity contribution in [3.8, 4) is 0 Å². The minimum atomic E-state index is -1.71. The topological polar surface area (TPSA) is 214 Å². The molecule has 2 aliphatic rings. The van der Waals surface area contributed by atoms with Crippen LogP contribution < -0.4 is 0 Å². The van der Waals surface area contributed by atoms with E-state index in [9.17, 15) is 40.5 Å². The summed E-state index contributed by atoms with van der Waals surface area (Å²) in [5, 5.41) is 72.4. The quantitative estimate of drug-likeness (QED) is 0.0172. The zero-order valence-electron chi connectivity index (χ0n) is 46.5. The highest BCUT2D eigenvalue weighted by atomic mass is 16.7. The van der Waals surface area contributed by atoms with E-state index in [-0.39, 0.29) is 25.6 Å². The molecule has 0 saturated carbocycles. The van der Waals surface area contributed by atoms with Crippen molar-refractivity contribution in [3.63, 3.8) is 0 Å². The molecule has 75 heavy (non-hydrogen) atoms. The lowest BCUT2D eigenvalue weighted by Crippen LogP contribution is -2.61. The van der Waals surface area contributed by atoms with E-state index in [0.717, 1.165) is 83.5 Å². The number of allylic oxidation sites excluding steroid dienone is 12. The van der Waals surface area contributed by atoms with Crippen LogP contribution in [-0.4, -0.2) is 142 Å². The van der Waals surface area contributed by atoms with Crippen molar-refractivity contribution in [2.24, 2.45) is 0 Å². The van der Waals surface area contributed by atoms with Gasteiger partial charge in [0.25, 0.3) is 0 Å². The Morgan fingerprint density at radius 3 is 1.36 bits per heavy atom. The molecule has 0 spiro atoms. The fraction of sp³-hybridized carbons (Fsp3) is 0.787. The highest BCUT2D eigenvalue weighted by molar-refractivity contribution is 5.69. The number of carbonyl (C=O) groups is 1. The van der Waals surface area contributed by atoms with Gasteiger partial charge in [0, 0.05) is 13.0 Å². The first-order valence-corrected chi connectivity index (χ1v) is 29.5. The third-order valence-electron chi connectivity index (χ3n) is 13.7. The monoisotopic (exact) mass is 1060 g/mol. The minimum absolute atomic E-state index is 0.0533. The normalized spacial score (nSPS) is 25.1. The molecule has 0 bridgehead atoms. The van der Waals surface area contributed by atoms with Gasteiger partial charge in [-0.15, -0.1) is 0 Å². The molecule has 2 rings (SSSR count). The lowest BCUT2D eigenvalue weighted by molar-refractivity contribution is -0.332. The standard InChI is InChI=1S/C61H106O14/c1-3-5-7-9-11-13-15-17-19-21-22-23-24-25-26-27-29-31-33-35-37-39-41-43-45-70-47-50(73-53(63)44-42-40-38-36-34-32-30-28-20-18-16-14-12-10-8-6-4-2)48-71-60-59(69)57(67)55(65)52(75-60)49-72-61-58(68)56(66)54(64)51(46-62)74-61/h5,7,11-14,17-20,22-23,50-52,54-62,64-69H,3-4,6,8-10,15-16,21,24-49H2,1-2H3/b7-5-,13-11-,14-12-,19-17-,20-18-,23-22-. The number of rotatable bonds is 47. The summed E-state index contributed by atoms with van der Waals surface area (Å²) < 4.78 is 34.4. The van der Waals surface area contributed by atoms with Crippen LogP contribution in [0.4, 0.5) is 0 Å². The Morgan fingerprint density at radius 1 is 0.453 bits per heavy atom. The highest BCUT2D eigenvalue weighted by Crippen LogP contribution is 2.26. The number of carbonyl (C=O) groups excluding carboxylic acids is 1. The highest BCUT2D eigenvalue weighted by Gasteiger charge is 2.47. The molecule has 0 aromatic heterocycles. The van der Waals surface area contributed by atoms with Crippen molar-refractivity contribution in [2.45, 2.75) is 274 Å². The molecule has 0 radical (unpaired) electrons. The second-order valence-electron chi connectivity index (χ2n) is 20.4. The van der Waals surface area contributed by atoms with E-state index in [4.69, 9.17) is 28.4 Å². The molecule has 2 aliphatic heterocycles. The molecule has 7 N–H and O–H groups in total. The summed E-state index contributed by atoms with van der Waals surface area (Å²) in [7, 11) is 0. The molecule has 14 heteroatoms. The van der Waals surface area contributed by atoms with E-state index in [1.165, 1.54) is 96.3 Å². The molecule has 2 saturated heterocycles. The smallest absolute Gasteiger partial charge is 0.306 e. The van der Waals surface area contributed by atoms with Crippen LogP contribution in [0.1, 0.15) is 206 Å². The van der Waals surface area contributed by atoms with E-state index in [0.29, 0.717) is 13.0 Å². The second-order valence-corrected chi connectivity index (χ2v) is 20.4. The Hall–Kier alpha value is -2.57. The lowest BCUT2D eigenvalue weighted by atomic mass is 9.98. The number of hydrogen-bond acceptors (Lipinski definition) is 14. The van der Waals surface area contributed by atoms with Crippen molar-refractivity contribution in [2.75, 3.05) is 33.0 Å². The third-order valence-corrected chi connectivity index (χ3v) is 13.7. The summed E-state index contributed by atoms with van der Waals surface area (Å²) in [5.41, 5.74) is 0. The Kier molecular flexibility index (Phi) is 43.3. The maximum absolute atomic E-state index is 13.1. The van der Waals surface area contributed by atoms with E-state index >= 15 is 0 Å². The molecule has 0 aromatic rings. The van der Waals surface area contributed by atoms with Crippen LogP contribution in [0.15, 0.2) is 72.9 Å². The van der Waals surface area contributed by atoms with Crippen molar-refractivity contribution in [1.29, 1.82) is 0 Å². The van der Waals surface area contributed by atoms with Crippen LogP contribution >= 0.6 is 0 Å². The number of unbranched alkanes of at least 4 members (excludes halogenated alkanes) is 21. The van der Waals surface area contributed by atoms with Crippen LogP contribution in [0.2, 0.25) is 0 Å². The second kappa shape index (κ2) is 47.4. The number of aliphatic hydroxyl groups excluding tert-OH is 7. The zero-order valence-corrected chi connectivity index (χ0v) is 46.5. The third kappa shape index (κ3) is 34.1. The van der Waals surface area contributed by atoms with Crippen molar-refractivity contribution in [1.82, 2.24) is 0 Å². The van der Waals surface area contributed by atoms with E-state index < -0.39 is 80.7 Å². The molecule has 11 atom stereocenters. The van der Waals surface area contributed by atoms with Crippen LogP contribution in [-0.2, 0) is 33.2 Å². The SMILES string of the molecule is CC/C=C\C/C=C\C/C=C\C/C=C\CCCCCCCCCCCCCOCC(COC1OC(COC2OC(CO)C(O)C(O)C2O)C(O)C(O)C1O)OC(=O)CCCCCCCCC/C=C\C/C=C\CCCCC. The van der Waals surface area contributed by atoms with Gasteiger partial charge >= 0.3 is 5.97 Å². The van der Waals surface area contributed by atoms with Gasteiger partial charge in [-0.25, -0.2) is 0 Å². The van der Waals surface area contributed by atoms with Gasteiger partial charge < -0.3 is 64.2 Å². The van der Waals surface area contributed by atoms with Gasteiger partial charge in [0.2, 0.25) is 0 Å². The van der Waals surface area contributed by atoms with E-state index in [1.807, 2.05) is 0 Å². The molecule has 0 amide bonds. The molecular weight excluding hydrogens is 957 g/mol. The lowest BCUT2D eigenvalue weighted by Gasteiger charge is -2.42. The van der Waals surface area contributed by atoms with Crippen molar-refractivity contribution >= 4 is 5.97 Å². The summed E-state index contributed by atoms with van der Waals surface area (Å²) >= 11 is 0. The van der Waals surface area contributed by atoms with Crippen LogP contribution in [0, 0.1) is 0 Å². The van der Waals surface area contributed by atoms with Gasteiger partial charge in [0.1, 0.15) is 54.9 Å². The van der Waals surface area contributed by atoms with Crippen molar-refractivity contribution < 1.29 is 69.0 Å². The van der Waals surface area contributed by atoms with Crippen LogP contribution in [0.5, 0.6) is 0 Å². The van der Waals surface area contributed by atoms with Crippen LogP contribution in [0.3, 0.4) is 0 Å². The number of esters is 1. The number of ether oxygens (including phenoxy) is 6. The Balaban J connectivity index is 1.70. The summed E-state index contributed by atoms with van der Waals surface area (Å²) in [6.07, 6.45) is 43.8. The van der Waals surface area contributed by atoms with Gasteiger partial charge in [-0.1, -0.05) is 189 Å². The maximum Gasteiger partial charge on any atom is 0.306 e. The number of aliphatic hydroxyl groups is 7. The van der Waals surface area contributed by atoms with Gasteiger partial charge in [0.05, 0.1) is 26.4 Å². The first kappa shape index (κ1) is 68.5. The van der Waals surface area contributed by atoms with Crippen molar-refractivity contribution in [3.05, 3.63) is 72.9 Å². The first-order chi connectivity index (χ1) is 36.6. The Morgan fingerprint density at radius 2 is 0.867 bits per heavy atom. The van der Waals surface area contributed by atoms with Crippen LogP contribution in [0.25, 0.3) is 0 Å². The average molecular weight is 1060 g/mol. The molecule has 2 fully saturated rings. The fourth-order valence-electron chi connectivity index (χ4n) is 8.95. The molecule has 434 valence electrons. The van der Waals surface area contributed by atoms with E-state index in [1.54, 1.807) is 0 Å². The first-order valence-electron chi connectivity index (χ1n) is 29.5. The Bertz CT molecular complexity index is 1510. The summed E-state index contributed by atoms with van der Waals surface area (Å²) in [5.74, 6) is -0.386. The predicted molar refractivity (Wildman–Crippen MR) is 298 cm³/mol. The molecule has 0 aliphatic carbocycles. The van der Waals surface area contributed by atoms with Gasteiger partial charge in [-0.05, 0) is 83.5 Å². The molecule has 0 aromatic carbocycles. The van der Waals surface area contributed by atoms with Gasteiger partial charge in [0.15, 0.2) is 12.6 Å². The summed E-state index contributed by atoms with van der Waals surface area (Å²) in [6, 6.07) is 0. The Labute approximate surface area is 453 Å². The maximum atomic E-state index is 13.1. The molecular formula is C61H106O14. The minimum Gasteiger partial charge on any atom is -0.457 e. The molecule has 14 nitrogen and oxygen atoms in total. The van der Waals surface area contributed by atoms with Gasteiger partial charge in [-0.2, -0.15) is 0 Å². The largest absolute Gasteiger partial charge is 0.457 e.